The van der Waals surface area contributed by atoms with Crippen LogP contribution in [0.4, 0.5) is 0 Å². The second-order valence-corrected chi connectivity index (χ2v) is 3.57. The first-order valence-corrected chi connectivity index (χ1v) is 4.97. The highest BCUT2D eigenvalue weighted by Crippen LogP contribution is 2.15. The Hall–Kier alpha value is -1.89. The molecule has 0 radical (unpaired) electrons. The van der Waals surface area contributed by atoms with Gasteiger partial charge in [0.1, 0.15) is 5.92 Å². The van der Waals surface area contributed by atoms with E-state index in [1.165, 1.54) is 0 Å². The molecule has 4 nitrogen and oxygen atoms in total. The first kappa shape index (κ1) is 9.66. The van der Waals surface area contributed by atoms with E-state index in [-0.39, 0.29) is 5.92 Å². The molecule has 0 spiro atoms. The molecule has 2 heterocycles. The third kappa shape index (κ3) is 1.68. The van der Waals surface area contributed by atoms with Gasteiger partial charge in [-0.2, -0.15) is 5.26 Å². The van der Waals surface area contributed by atoms with Crippen LogP contribution in [0.1, 0.15) is 30.7 Å². The van der Waals surface area contributed by atoms with E-state index in [4.69, 9.17) is 5.26 Å². The first-order valence-electron chi connectivity index (χ1n) is 4.97. The van der Waals surface area contributed by atoms with Crippen LogP contribution >= 0.6 is 0 Å². The Morgan fingerprint density at radius 2 is 2.33 bits per heavy atom. The zero-order chi connectivity index (χ0) is 10.8. The summed E-state index contributed by atoms with van der Waals surface area (Å²) in [4.78, 5) is 4.33. The largest absolute Gasteiger partial charge is 0.221 e. The Bertz CT molecular complexity index is 521. The molecule has 76 valence electrons. The third-order valence-electron chi connectivity index (χ3n) is 2.37. The maximum Gasteiger partial charge on any atom is 0.168 e. The highest BCUT2D eigenvalue weighted by molar-refractivity contribution is 5.39. The van der Waals surface area contributed by atoms with Crippen LogP contribution in [0.5, 0.6) is 0 Å². The molecule has 0 amide bonds. The number of hydrogen-bond donors (Lipinski definition) is 0. The Morgan fingerprint density at radius 3 is 3.00 bits per heavy atom. The summed E-state index contributed by atoms with van der Waals surface area (Å²) in [5, 5.41) is 13.2. The average Bonchev–Trinajstić information content (AvgIpc) is 2.62. The van der Waals surface area contributed by atoms with Gasteiger partial charge in [-0.3, -0.25) is 0 Å². The van der Waals surface area contributed by atoms with Crippen LogP contribution in [0.3, 0.4) is 0 Å². The Labute approximate surface area is 88.2 Å². The van der Waals surface area contributed by atoms with Crippen molar-refractivity contribution in [3.63, 3.8) is 0 Å². The molecule has 0 aromatic carbocycles. The summed E-state index contributed by atoms with van der Waals surface area (Å²) in [6.07, 6.45) is 2.66. The van der Waals surface area contributed by atoms with Crippen LogP contribution in [0.15, 0.2) is 18.3 Å². The van der Waals surface area contributed by atoms with Crippen LogP contribution in [0.2, 0.25) is 0 Å². The lowest BCUT2D eigenvalue weighted by molar-refractivity contribution is 0.744. The maximum atomic E-state index is 8.92. The van der Waals surface area contributed by atoms with Gasteiger partial charge in [-0.25, -0.2) is 9.50 Å². The minimum Gasteiger partial charge on any atom is -0.221 e. The van der Waals surface area contributed by atoms with E-state index in [0.717, 1.165) is 17.6 Å². The van der Waals surface area contributed by atoms with Crippen molar-refractivity contribution in [3.8, 4) is 6.07 Å². The lowest BCUT2D eigenvalue weighted by Crippen LogP contribution is -1.97. The molecule has 4 heteroatoms. The molecule has 1 atom stereocenters. The molecule has 15 heavy (non-hydrogen) atoms. The molecule has 0 saturated carbocycles. The Balaban J connectivity index is 2.52. The molecule has 0 aliphatic heterocycles. The monoisotopic (exact) mass is 200 g/mol. The normalized spacial score (nSPS) is 12.6. The fourth-order valence-electron chi connectivity index (χ4n) is 1.48. The Morgan fingerprint density at radius 1 is 1.53 bits per heavy atom. The second kappa shape index (κ2) is 3.70. The quantitative estimate of drug-likeness (QED) is 0.745. The van der Waals surface area contributed by atoms with Gasteiger partial charge in [0.25, 0.3) is 0 Å². The van der Waals surface area contributed by atoms with E-state index < -0.39 is 0 Å². The van der Waals surface area contributed by atoms with Gasteiger partial charge in [0, 0.05) is 6.20 Å². The zero-order valence-corrected chi connectivity index (χ0v) is 8.81. The summed E-state index contributed by atoms with van der Waals surface area (Å²) < 4.78 is 1.73. The van der Waals surface area contributed by atoms with Gasteiger partial charge in [0.2, 0.25) is 0 Å². The van der Waals surface area contributed by atoms with Gasteiger partial charge in [0.05, 0.1) is 6.07 Å². The van der Waals surface area contributed by atoms with Gasteiger partial charge < -0.3 is 0 Å². The van der Waals surface area contributed by atoms with E-state index >= 15 is 0 Å². The van der Waals surface area contributed by atoms with E-state index in [0.29, 0.717) is 5.82 Å². The molecule has 0 N–H and O–H groups in total. The number of hydrogen-bond acceptors (Lipinski definition) is 3. The Kier molecular flexibility index (Phi) is 2.38. The zero-order valence-electron chi connectivity index (χ0n) is 8.81. The number of aromatic nitrogens is 3. The SMILES string of the molecule is CCC(C#N)c1nc2ccc(C)cn2n1. The van der Waals surface area contributed by atoms with E-state index in [1.807, 2.05) is 32.2 Å². The summed E-state index contributed by atoms with van der Waals surface area (Å²) in [5.41, 5.74) is 1.92. The van der Waals surface area contributed by atoms with Crippen LogP contribution in [0.25, 0.3) is 5.65 Å². The lowest BCUT2D eigenvalue weighted by Gasteiger charge is -1.96. The smallest absolute Gasteiger partial charge is 0.168 e. The fourth-order valence-corrected chi connectivity index (χ4v) is 1.48. The molecular formula is C11H12N4. The number of nitrogens with zero attached hydrogens (tertiary/aromatic N) is 4. The number of nitriles is 1. The molecule has 2 aromatic heterocycles. The molecule has 2 aromatic rings. The predicted molar refractivity (Wildman–Crippen MR) is 56.4 cm³/mol. The molecule has 1 unspecified atom stereocenters. The highest BCUT2D eigenvalue weighted by atomic mass is 15.3. The summed E-state index contributed by atoms with van der Waals surface area (Å²) >= 11 is 0. The van der Waals surface area contributed by atoms with Gasteiger partial charge in [-0.15, -0.1) is 5.10 Å². The van der Waals surface area contributed by atoms with E-state index in [1.54, 1.807) is 4.52 Å². The van der Waals surface area contributed by atoms with Crippen molar-refractivity contribution in [2.45, 2.75) is 26.2 Å². The summed E-state index contributed by atoms with van der Waals surface area (Å²) in [6.45, 7) is 3.97. The van der Waals surface area contributed by atoms with Crippen molar-refractivity contribution in [1.82, 2.24) is 14.6 Å². The van der Waals surface area contributed by atoms with Gasteiger partial charge in [0.15, 0.2) is 11.5 Å². The number of pyridine rings is 1. The molecule has 2 rings (SSSR count). The summed E-state index contributed by atoms with van der Waals surface area (Å²) in [6, 6.07) is 6.11. The minimum absolute atomic E-state index is 0.204. The summed E-state index contributed by atoms with van der Waals surface area (Å²) in [7, 11) is 0. The van der Waals surface area contributed by atoms with Crippen LogP contribution in [-0.2, 0) is 0 Å². The standard InChI is InChI=1S/C11H12N4/c1-3-9(6-12)11-13-10-5-4-8(2)7-15(10)14-11/h4-5,7,9H,3H2,1-2H3. The molecule has 0 fully saturated rings. The fraction of sp³-hybridized carbons (Fsp3) is 0.364. The molecule has 0 aliphatic rings. The topological polar surface area (TPSA) is 54.0 Å². The van der Waals surface area contributed by atoms with Crippen LogP contribution in [-0.4, -0.2) is 14.6 Å². The summed E-state index contributed by atoms with van der Waals surface area (Å²) in [5.74, 6) is 0.413. The van der Waals surface area contributed by atoms with Gasteiger partial charge in [-0.1, -0.05) is 13.0 Å². The van der Waals surface area contributed by atoms with Crippen LogP contribution in [0, 0.1) is 18.3 Å². The number of rotatable bonds is 2. The van der Waals surface area contributed by atoms with Crippen molar-refractivity contribution in [1.29, 1.82) is 5.26 Å². The van der Waals surface area contributed by atoms with Crippen molar-refractivity contribution < 1.29 is 0 Å². The van der Waals surface area contributed by atoms with Crippen molar-refractivity contribution >= 4 is 5.65 Å². The van der Waals surface area contributed by atoms with E-state index in [9.17, 15) is 0 Å². The number of fused-ring (bicyclic) bond motifs is 1. The third-order valence-corrected chi connectivity index (χ3v) is 2.37. The molecule has 0 saturated heterocycles. The molecule has 0 aliphatic carbocycles. The maximum absolute atomic E-state index is 8.92. The molecular weight excluding hydrogens is 188 g/mol. The lowest BCUT2D eigenvalue weighted by atomic mass is 10.1. The molecule has 0 bridgehead atoms. The number of aryl methyl sites for hydroxylation is 1. The first-order chi connectivity index (χ1) is 7.24. The van der Waals surface area contributed by atoms with Gasteiger partial charge >= 0.3 is 0 Å². The van der Waals surface area contributed by atoms with Crippen molar-refractivity contribution in [2.24, 2.45) is 0 Å². The second-order valence-electron chi connectivity index (χ2n) is 3.57. The highest BCUT2D eigenvalue weighted by Gasteiger charge is 2.13. The van der Waals surface area contributed by atoms with Gasteiger partial charge in [-0.05, 0) is 25.0 Å². The predicted octanol–water partition coefficient (Wildman–Crippen LogP) is 2.05. The van der Waals surface area contributed by atoms with Crippen LogP contribution < -0.4 is 0 Å². The average molecular weight is 200 g/mol. The minimum atomic E-state index is -0.204. The van der Waals surface area contributed by atoms with E-state index in [2.05, 4.69) is 16.2 Å². The van der Waals surface area contributed by atoms with Crippen molar-refractivity contribution in [3.05, 3.63) is 29.7 Å². The van der Waals surface area contributed by atoms with Crippen molar-refractivity contribution in [2.75, 3.05) is 0 Å².